The van der Waals surface area contributed by atoms with Gasteiger partial charge in [-0.25, -0.2) is 12.8 Å². The van der Waals surface area contributed by atoms with E-state index in [1.165, 1.54) is 12.1 Å². The van der Waals surface area contributed by atoms with E-state index in [0.717, 1.165) is 5.56 Å². The summed E-state index contributed by atoms with van der Waals surface area (Å²) < 4.78 is 39.7. The third-order valence-electron chi connectivity index (χ3n) is 2.59. The summed E-state index contributed by atoms with van der Waals surface area (Å²) in [4.78, 5) is 0. The Morgan fingerprint density at radius 1 is 1.39 bits per heavy atom. The Hall–Kier alpha value is -1.14. The molecule has 0 heterocycles. The maximum absolute atomic E-state index is 13.5. The van der Waals surface area contributed by atoms with Gasteiger partial charge in [0.05, 0.1) is 10.9 Å². The molecule has 1 unspecified atom stereocenters. The fourth-order valence-corrected chi connectivity index (χ4v) is 2.43. The van der Waals surface area contributed by atoms with Crippen molar-refractivity contribution in [1.82, 2.24) is 5.32 Å². The third kappa shape index (κ3) is 3.96. The molecule has 2 N–H and O–H groups in total. The summed E-state index contributed by atoms with van der Waals surface area (Å²) in [5.74, 6) is -0.570. The van der Waals surface area contributed by atoms with Gasteiger partial charge in [-0.3, -0.25) is 4.72 Å². The smallest absolute Gasteiger partial charge is 0.236 e. The van der Waals surface area contributed by atoms with Crippen molar-refractivity contribution >= 4 is 15.7 Å². The number of aryl methyl sites for hydroxylation is 1. The van der Waals surface area contributed by atoms with Gasteiger partial charge in [0.15, 0.2) is 0 Å². The van der Waals surface area contributed by atoms with Crippen molar-refractivity contribution in [1.29, 1.82) is 0 Å². The SMILES string of the molecule is CCNCC(C)S(=O)(=O)Nc1cc(C)ccc1F. The lowest BCUT2D eigenvalue weighted by molar-refractivity contribution is 0.578. The first-order valence-electron chi connectivity index (χ1n) is 5.85. The van der Waals surface area contributed by atoms with Crippen LogP contribution in [0.15, 0.2) is 18.2 Å². The van der Waals surface area contributed by atoms with Crippen LogP contribution in [0.1, 0.15) is 19.4 Å². The van der Waals surface area contributed by atoms with Gasteiger partial charge < -0.3 is 5.32 Å². The van der Waals surface area contributed by atoms with E-state index in [9.17, 15) is 12.8 Å². The molecule has 6 heteroatoms. The van der Waals surface area contributed by atoms with Gasteiger partial charge in [0, 0.05) is 6.54 Å². The maximum atomic E-state index is 13.5. The molecular formula is C12H19FN2O2S. The van der Waals surface area contributed by atoms with E-state index in [1.807, 2.05) is 6.92 Å². The second-order valence-electron chi connectivity index (χ2n) is 4.25. The van der Waals surface area contributed by atoms with Crippen molar-refractivity contribution in [3.05, 3.63) is 29.6 Å². The van der Waals surface area contributed by atoms with E-state index in [0.29, 0.717) is 13.1 Å². The molecule has 18 heavy (non-hydrogen) atoms. The highest BCUT2D eigenvalue weighted by Gasteiger charge is 2.21. The lowest BCUT2D eigenvalue weighted by Gasteiger charge is -2.15. The van der Waals surface area contributed by atoms with Crippen LogP contribution < -0.4 is 10.0 Å². The van der Waals surface area contributed by atoms with Crippen LogP contribution in [-0.4, -0.2) is 26.8 Å². The topological polar surface area (TPSA) is 58.2 Å². The van der Waals surface area contributed by atoms with Gasteiger partial charge in [-0.05, 0) is 38.1 Å². The third-order valence-corrected chi connectivity index (χ3v) is 4.32. The summed E-state index contributed by atoms with van der Waals surface area (Å²) in [5.41, 5.74) is 0.798. The second-order valence-corrected chi connectivity index (χ2v) is 6.35. The summed E-state index contributed by atoms with van der Waals surface area (Å²) >= 11 is 0. The van der Waals surface area contributed by atoms with Crippen LogP contribution in [0.3, 0.4) is 0 Å². The number of sulfonamides is 1. The summed E-state index contributed by atoms with van der Waals surface area (Å²) in [7, 11) is -3.58. The molecule has 1 aromatic carbocycles. The first-order chi connectivity index (χ1) is 8.36. The molecule has 0 fully saturated rings. The van der Waals surface area contributed by atoms with E-state index < -0.39 is 21.1 Å². The maximum Gasteiger partial charge on any atom is 0.236 e. The highest BCUT2D eigenvalue weighted by Crippen LogP contribution is 2.18. The Morgan fingerprint density at radius 3 is 2.67 bits per heavy atom. The minimum absolute atomic E-state index is 0.00153. The number of benzene rings is 1. The number of halogens is 1. The van der Waals surface area contributed by atoms with Crippen LogP contribution in [0.5, 0.6) is 0 Å². The molecule has 0 aliphatic rings. The van der Waals surface area contributed by atoms with E-state index in [2.05, 4.69) is 10.0 Å². The number of hydrogen-bond acceptors (Lipinski definition) is 3. The average molecular weight is 274 g/mol. The molecule has 0 radical (unpaired) electrons. The Kier molecular flexibility index (Phi) is 5.10. The zero-order chi connectivity index (χ0) is 13.8. The van der Waals surface area contributed by atoms with Gasteiger partial charge in [-0.2, -0.15) is 0 Å². The Morgan fingerprint density at radius 2 is 2.06 bits per heavy atom. The largest absolute Gasteiger partial charge is 0.316 e. The van der Waals surface area contributed by atoms with E-state index in [4.69, 9.17) is 0 Å². The molecule has 1 aromatic rings. The van der Waals surface area contributed by atoms with Gasteiger partial charge in [-0.1, -0.05) is 13.0 Å². The van der Waals surface area contributed by atoms with Crippen LogP contribution in [-0.2, 0) is 10.0 Å². The molecule has 0 aromatic heterocycles. The predicted octanol–water partition coefficient (Wildman–Crippen LogP) is 1.87. The van der Waals surface area contributed by atoms with E-state index in [1.54, 1.807) is 19.9 Å². The first kappa shape index (κ1) is 14.9. The molecule has 4 nitrogen and oxygen atoms in total. The molecule has 0 saturated carbocycles. The van der Waals surface area contributed by atoms with Gasteiger partial charge >= 0.3 is 0 Å². The zero-order valence-corrected chi connectivity index (χ0v) is 11.6. The fourth-order valence-electron chi connectivity index (χ4n) is 1.43. The van der Waals surface area contributed by atoms with Crippen molar-refractivity contribution in [3.63, 3.8) is 0 Å². The molecule has 0 aliphatic heterocycles. The van der Waals surface area contributed by atoms with Crippen molar-refractivity contribution in [3.8, 4) is 0 Å². The standard InChI is InChI=1S/C12H19FN2O2S/c1-4-14-8-10(3)18(16,17)15-12-7-9(2)5-6-11(12)13/h5-7,10,14-15H,4,8H2,1-3H3. The van der Waals surface area contributed by atoms with Crippen molar-refractivity contribution in [2.45, 2.75) is 26.0 Å². The van der Waals surface area contributed by atoms with Crippen LogP contribution in [0.4, 0.5) is 10.1 Å². The molecule has 0 aliphatic carbocycles. The van der Waals surface area contributed by atoms with Gasteiger partial charge in [0.25, 0.3) is 0 Å². The van der Waals surface area contributed by atoms with Gasteiger partial charge in [0.2, 0.25) is 10.0 Å². The summed E-state index contributed by atoms with van der Waals surface area (Å²) in [6, 6.07) is 4.32. The molecule has 0 amide bonds. The van der Waals surface area contributed by atoms with Gasteiger partial charge in [-0.15, -0.1) is 0 Å². The van der Waals surface area contributed by atoms with E-state index >= 15 is 0 Å². The minimum Gasteiger partial charge on any atom is -0.316 e. The van der Waals surface area contributed by atoms with Crippen LogP contribution >= 0.6 is 0 Å². The van der Waals surface area contributed by atoms with Crippen LogP contribution in [0.25, 0.3) is 0 Å². The number of rotatable bonds is 6. The van der Waals surface area contributed by atoms with Crippen LogP contribution in [0, 0.1) is 12.7 Å². The molecule has 0 bridgehead atoms. The normalized spacial score (nSPS) is 13.3. The fraction of sp³-hybridized carbons (Fsp3) is 0.500. The van der Waals surface area contributed by atoms with Crippen LogP contribution in [0.2, 0.25) is 0 Å². The number of hydrogen-bond donors (Lipinski definition) is 2. The Balaban J connectivity index is 2.85. The molecule has 0 saturated heterocycles. The highest BCUT2D eigenvalue weighted by atomic mass is 32.2. The minimum atomic E-state index is -3.58. The summed E-state index contributed by atoms with van der Waals surface area (Å²) in [6.07, 6.45) is 0. The Labute approximate surface area is 108 Å². The number of nitrogens with one attached hydrogen (secondary N) is 2. The second kappa shape index (κ2) is 6.15. The van der Waals surface area contributed by atoms with Crippen molar-refractivity contribution in [2.24, 2.45) is 0 Å². The first-order valence-corrected chi connectivity index (χ1v) is 7.40. The number of anilines is 1. The van der Waals surface area contributed by atoms with Crippen molar-refractivity contribution in [2.75, 3.05) is 17.8 Å². The molecular weight excluding hydrogens is 255 g/mol. The highest BCUT2D eigenvalue weighted by molar-refractivity contribution is 7.93. The zero-order valence-electron chi connectivity index (χ0n) is 10.8. The quantitative estimate of drug-likeness (QED) is 0.832. The average Bonchev–Trinajstić information content (AvgIpc) is 2.30. The Bertz CT molecular complexity index is 503. The van der Waals surface area contributed by atoms with Crippen molar-refractivity contribution < 1.29 is 12.8 Å². The monoisotopic (exact) mass is 274 g/mol. The molecule has 102 valence electrons. The molecule has 1 atom stereocenters. The summed E-state index contributed by atoms with van der Waals surface area (Å²) in [5, 5.41) is 2.33. The van der Waals surface area contributed by atoms with E-state index in [-0.39, 0.29) is 5.69 Å². The summed E-state index contributed by atoms with van der Waals surface area (Å²) in [6.45, 7) is 6.28. The molecule has 0 spiro atoms. The predicted molar refractivity (Wildman–Crippen MR) is 71.7 cm³/mol. The lowest BCUT2D eigenvalue weighted by Crippen LogP contribution is -2.34. The van der Waals surface area contributed by atoms with Gasteiger partial charge in [0.1, 0.15) is 5.82 Å². The molecule has 1 rings (SSSR count). The lowest BCUT2D eigenvalue weighted by atomic mass is 10.2.